The second-order valence-corrected chi connectivity index (χ2v) is 5.69. The first-order valence-electron chi connectivity index (χ1n) is 6.22. The second kappa shape index (κ2) is 6.49. The minimum atomic E-state index is 0.815. The molecule has 0 bridgehead atoms. The summed E-state index contributed by atoms with van der Waals surface area (Å²) in [6.45, 7) is 6.54. The van der Waals surface area contributed by atoms with Crippen molar-refractivity contribution in [3.05, 3.63) is 16.0 Å². The molecule has 0 spiro atoms. The van der Waals surface area contributed by atoms with Crippen LogP contribution in [0.5, 0.6) is 0 Å². The fraction of sp³-hybridized carbons (Fsp3) is 0.667. The highest BCUT2D eigenvalue weighted by Crippen LogP contribution is 2.20. The molecule has 4 nitrogen and oxygen atoms in total. The molecule has 0 saturated carbocycles. The number of halogens is 1. The normalized spacial score (nSPS) is 17.4. The maximum Gasteiger partial charge on any atom is 0.225 e. The van der Waals surface area contributed by atoms with Gasteiger partial charge >= 0.3 is 0 Å². The van der Waals surface area contributed by atoms with Gasteiger partial charge < -0.3 is 10.2 Å². The zero-order chi connectivity index (χ0) is 12.1. The van der Waals surface area contributed by atoms with Crippen LogP contribution in [0.15, 0.2) is 12.4 Å². The van der Waals surface area contributed by atoms with Gasteiger partial charge in [0.15, 0.2) is 0 Å². The highest BCUT2D eigenvalue weighted by Gasteiger charge is 2.20. The Morgan fingerprint density at radius 3 is 2.59 bits per heavy atom. The Labute approximate surface area is 116 Å². The van der Waals surface area contributed by atoms with Gasteiger partial charge in [-0.05, 0) is 54.4 Å². The minimum Gasteiger partial charge on any atom is -0.341 e. The van der Waals surface area contributed by atoms with Crippen LogP contribution in [-0.2, 0) is 0 Å². The SMILES string of the molecule is CCNCC1CCN(c2ncc(I)cn2)CC1. The van der Waals surface area contributed by atoms with Gasteiger partial charge in [0.1, 0.15) is 0 Å². The molecule has 1 fully saturated rings. The van der Waals surface area contributed by atoms with Gasteiger partial charge in [0, 0.05) is 29.1 Å². The average molecular weight is 346 g/mol. The number of hydrogen-bond donors (Lipinski definition) is 1. The van der Waals surface area contributed by atoms with Crippen molar-refractivity contribution in [1.29, 1.82) is 0 Å². The number of hydrogen-bond acceptors (Lipinski definition) is 4. The van der Waals surface area contributed by atoms with E-state index in [1.807, 2.05) is 12.4 Å². The van der Waals surface area contributed by atoms with Gasteiger partial charge in [0.2, 0.25) is 5.95 Å². The van der Waals surface area contributed by atoms with Gasteiger partial charge in [0.25, 0.3) is 0 Å². The van der Waals surface area contributed by atoms with Crippen LogP contribution in [0.25, 0.3) is 0 Å². The number of piperidine rings is 1. The molecule has 0 aromatic carbocycles. The first kappa shape index (κ1) is 13.0. The van der Waals surface area contributed by atoms with E-state index in [0.717, 1.165) is 41.6 Å². The largest absolute Gasteiger partial charge is 0.341 e. The highest BCUT2D eigenvalue weighted by atomic mass is 127. The topological polar surface area (TPSA) is 41.0 Å². The predicted octanol–water partition coefficient (Wildman–Crippen LogP) is 1.91. The molecule has 0 aliphatic carbocycles. The van der Waals surface area contributed by atoms with Crippen molar-refractivity contribution in [1.82, 2.24) is 15.3 Å². The van der Waals surface area contributed by atoms with Crippen LogP contribution in [0.1, 0.15) is 19.8 Å². The van der Waals surface area contributed by atoms with Crippen LogP contribution in [0.4, 0.5) is 5.95 Å². The van der Waals surface area contributed by atoms with E-state index >= 15 is 0 Å². The zero-order valence-electron chi connectivity index (χ0n) is 10.2. The third kappa shape index (κ3) is 3.77. The van der Waals surface area contributed by atoms with Crippen molar-refractivity contribution in [2.45, 2.75) is 19.8 Å². The molecular formula is C12H19IN4. The van der Waals surface area contributed by atoms with Crippen molar-refractivity contribution in [3.63, 3.8) is 0 Å². The summed E-state index contributed by atoms with van der Waals surface area (Å²) in [4.78, 5) is 11.1. The maximum absolute atomic E-state index is 4.38. The molecule has 2 rings (SSSR count). The Kier molecular flexibility index (Phi) is 4.97. The van der Waals surface area contributed by atoms with Gasteiger partial charge in [-0.2, -0.15) is 0 Å². The maximum atomic E-state index is 4.38. The summed E-state index contributed by atoms with van der Waals surface area (Å²) in [6, 6.07) is 0. The van der Waals surface area contributed by atoms with Crippen molar-refractivity contribution in [2.75, 3.05) is 31.1 Å². The van der Waals surface area contributed by atoms with Gasteiger partial charge in [-0.1, -0.05) is 6.92 Å². The minimum absolute atomic E-state index is 0.815. The van der Waals surface area contributed by atoms with Gasteiger partial charge in [0.05, 0.1) is 0 Å². The first-order chi connectivity index (χ1) is 8.29. The molecule has 1 aliphatic rings. The lowest BCUT2D eigenvalue weighted by Gasteiger charge is -2.32. The van der Waals surface area contributed by atoms with E-state index in [1.165, 1.54) is 12.8 Å². The molecule has 0 amide bonds. The van der Waals surface area contributed by atoms with Crippen LogP contribution in [0, 0.1) is 9.49 Å². The molecule has 1 aliphatic heterocycles. The lowest BCUT2D eigenvalue weighted by atomic mass is 9.97. The predicted molar refractivity (Wildman–Crippen MR) is 78.2 cm³/mol. The number of aromatic nitrogens is 2. The van der Waals surface area contributed by atoms with Crippen LogP contribution in [-0.4, -0.2) is 36.1 Å². The molecule has 2 heterocycles. The second-order valence-electron chi connectivity index (χ2n) is 4.44. The molecule has 1 aromatic heterocycles. The average Bonchev–Trinajstić information content (AvgIpc) is 2.38. The smallest absolute Gasteiger partial charge is 0.225 e. The fourth-order valence-corrected chi connectivity index (χ4v) is 2.43. The molecule has 0 atom stereocenters. The lowest BCUT2D eigenvalue weighted by Crippen LogP contribution is -2.38. The van der Waals surface area contributed by atoms with E-state index in [9.17, 15) is 0 Å². The summed E-state index contributed by atoms with van der Waals surface area (Å²) in [6.07, 6.45) is 6.24. The van der Waals surface area contributed by atoms with Crippen molar-refractivity contribution < 1.29 is 0 Å². The summed E-state index contributed by atoms with van der Waals surface area (Å²) >= 11 is 2.23. The number of rotatable bonds is 4. The van der Waals surface area contributed by atoms with E-state index in [-0.39, 0.29) is 0 Å². The fourth-order valence-electron chi connectivity index (χ4n) is 2.15. The van der Waals surface area contributed by atoms with Crippen LogP contribution >= 0.6 is 22.6 Å². The molecule has 0 unspecified atom stereocenters. The molecule has 0 radical (unpaired) electrons. The lowest BCUT2D eigenvalue weighted by molar-refractivity contribution is 0.384. The summed E-state index contributed by atoms with van der Waals surface area (Å²) < 4.78 is 1.09. The van der Waals surface area contributed by atoms with Crippen LogP contribution in [0.3, 0.4) is 0 Å². The van der Waals surface area contributed by atoms with Crippen LogP contribution < -0.4 is 10.2 Å². The van der Waals surface area contributed by atoms with Gasteiger partial charge in [-0.15, -0.1) is 0 Å². The Morgan fingerprint density at radius 1 is 1.35 bits per heavy atom. The Hall–Kier alpha value is -0.430. The summed E-state index contributed by atoms with van der Waals surface area (Å²) in [7, 11) is 0. The molecule has 17 heavy (non-hydrogen) atoms. The highest BCUT2D eigenvalue weighted by molar-refractivity contribution is 14.1. The molecular weight excluding hydrogens is 327 g/mol. The third-order valence-electron chi connectivity index (χ3n) is 3.19. The Morgan fingerprint density at radius 2 is 2.00 bits per heavy atom. The van der Waals surface area contributed by atoms with E-state index in [2.05, 4.69) is 49.7 Å². The quantitative estimate of drug-likeness (QED) is 0.846. The summed E-state index contributed by atoms with van der Waals surface area (Å²) in [5, 5.41) is 3.43. The molecule has 1 saturated heterocycles. The van der Waals surface area contributed by atoms with Gasteiger partial charge in [-0.25, -0.2) is 9.97 Å². The monoisotopic (exact) mass is 346 g/mol. The van der Waals surface area contributed by atoms with Crippen molar-refractivity contribution >= 4 is 28.5 Å². The van der Waals surface area contributed by atoms with Gasteiger partial charge in [-0.3, -0.25) is 0 Å². The number of nitrogens with zero attached hydrogens (tertiary/aromatic N) is 3. The number of nitrogens with one attached hydrogen (secondary N) is 1. The molecule has 1 aromatic rings. The Bertz CT molecular complexity index is 333. The molecule has 94 valence electrons. The molecule has 5 heteroatoms. The third-order valence-corrected chi connectivity index (χ3v) is 3.74. The zero-order valence-corrected chi connectivity index (χ0v) is 12.4. The van der Waals surface area contributed by atoms with E-state index in [4.69, 9.17) is 0 Å². The van der Waals surface area contributed by atoms with Crippen molar-refractivity contribution in [2.24, 2.45) is 5.92 Å². The summed E-state index contributed by atoms with van der Waals surface area (Å²) in [5.74, 6) is 1.70. The Balaban J connectivity index is 1.84. The molecule has 1 N–H and O–H groups in total. The van der Waals surface area contributed by atoms with Crippen LogP contribution in [0.2, 0.25) is 0 Å². The van der Waals surface area contributed by atoms with E-state index in [1.54, 1.807) is 0 Å². The van der Waals surface area contributed by atoms with E-state index < -0.39 is 0 Å². The summed E-state index contributed by atoms with van der Waals surface area (Å²) in [5.41, 5.74) is 0. The van der Waals surface area contributed by atoms with Crippen molar-refractivity contribution in [3.8, 4) is 0 Å². The first-order valence-corrected chi connectivity index (χ1v) is 7.30. The standard InChI is InChI=1S/C12H19IN4/c1-2-14-7-10-3-5-17(6-4-10)12-15-8-11(13)9-16-12/h8-10,14H,2-7H2,1H3. The number of anilines is 1. The van der Waals surface area contributed by atoms with E-state index in [0.29, 0.717) is 0 Å².